The van der Waals surface area contributed by atoms with E-state index in [2.05, 4.69) is 64.8 Å². The van der Waals surface area contributed by atoms with Gasteiger partial charge in [-0.3, -0.25) is 4.79 Å². The average Bonchev–Trinajstić information content (AvgIpc) is 3.37. The van der Waals surface area contributed by atoms with Gasteiger partial charge in [-0.1, -0.05) is 65.0 Å². The number of carboxylic acid groups (broad SMARTS) is 1. The molecule has 4 fully saturated rings. The first-order chi connectivity index (χ1) is 21.6. The Balaban J connectivity index is 1.31. The van der Waals surface area contributed by atoms with Crippen LogP contribution in [0.4, 0.5) is 0 Å². The van der Waals surface area contributed by atoms with Crippen molar-refractivity contribution in [1.29, 1.82) is 0 Å². The number of hydrogen-bond acceptors (Lipinski definition) is 4. The van der Waals surface area contributed by atoms with E-state index in [1.54, 1.807) is 12.1 Å². The fourth-order valence-electron chi connectivity index (χ4n) is 12.9. The largest absolute Gasteiger partial charge is 0.478 e. The summed E-state index contributed by atoms with van der Waals surface area (Å²) in [6.07, 6.45) is 12.8. The molecular formula is C40H58N2O4. The van der Waals surface area contributed by atoms with Crippen LogP contribution in [-0.2, 0) is 4.79 Å². The predicted octanol–water partition coefficient (Wildman–Crippen LogP) is 7.49. The number of amides is 1. The molecule has 0 bridgehead atoms. The molecule has 4 saturated carbocycles. The van der Waals surface area contributed by atoms with Crippen molar-refractivity contribution in [3.8, 4) is 0 Å². The maximum atomic E-state index is 13.3. The summed E-state index contributed by atoms with van der Waals surface area (Å²) in [7, 11) is 0. The van der Waals surface area contributed by atoms with Crippen molar-refractivity contribution in [3.05, 3.63) is 53.6 Å². The van der Waals surface area contributed by atoms with Crippen molar-refractivity contribution < 1.29 is 19.8 Å². The third-order valence-electron chi connectivity index (χ3n) is 15.0. The van der Waals surface area contributed by atoms with Crippen molar-refractivity contribution in [2.24, 2.45) is 51.2 Å². The fraction of sp³-hybridized carbons (Fsp3) is 0.700. The highest BCUT2D eigenvalue weighted by Gasteiger charge is 2.70. The van der Waals surface area contributed by atoms with Crippen LogP contribution in [0.25, 0.3) is 5.57 Å². The molecule has 0 radical (unpaired) electrons. The standard InChI is InChI=1S/C40H58N2O4/c1-25(2)28-14-19-40(42-33(44)24-41-22-23-43)21-20-38(6)30(34(28)40)12-13-32-37(5)17-15-29(26-8-10-27(11-9-26)35(45)46)36(3,4)31(37)16-18-39(32,38)7/h8-11,15,28,30-32,34,41,43H,1,12-14,16-24H2,2-7H3,(H,42,44)(H,45,46)/t28-,30+,31?,32?,34?,37-,38+,39+,40-/m0/s1. The van der Waals surface area contributed by atoms with Gasteiger partial charge >= 0.3 is 5.97 Å². The quantitative estimate of drug-likeness (QED) is 0.176. The SMILES string of the molecule is C=C(C)[C@@H]1CC[C@]2(NC(=O)CNCCO)CC[C@]3(C)[C@H](CCC4[C@@]5(C)CC=C(c6ccc(C(=O)O)cc6)C(C)(C)C5CC[C@]43C)C12. The first-order valence-corrected chi connectivity index (χ1v) is 18.0. The Morgan fingerprint density at radius 3 is 2.28 bits per heavy atom. The number of allylic oxidation sites excluding steroid dienone is 3. The minimum absolute atomic E-state index is 0.0105. The normalized spacial score (nSPS) is 40.8. The first kappa shape index (κ1) is 33.5. The number of rotatable bonds is 8. The van der Waals surface area contributed by atoms with Crippen molar-refractivity contribution in [1.82, 2.24) is 10.6 Å². The van der Waals surface area contributed by atoms with Gasteiger partial charge in [0, 0.05) is 12.1 Å². The lowest BCUT2D eigenvalue weighted by molar-refractivity contribution is -0.219. The van der Waals surface area contributed by atoms with Crippen LogP contribution in [0.3, 0.4) is 0 Å². The van der Waals surface area contributed by atoms with Crippen LogP contribution >= 0.6 is 0 Å². The van der Waals surface area contributed by atoms with E-state index in [0.717, 1.165) is 37.7 Å². The lowest BCUT2D eigenvalue weighted by Gasteiger charge is -2.72. The van der Waals surface area contributed by atoms with E-state index in [-0.39, 0.29) is 46.3 Å². The molecule has 5 aliphatic carbocycles. The Morgan fingerprint density at radius 2 is 1.63 bits per heavy atom. The average molecular weight is 631 g/mol. The molecular weight excluding hydrogens is 572 g/mol. The highest BCUT2D eigenvalue weighted by Crippen LogP contribution is 2.76. The molecule has 0 heterocycles. The number of aliphatic hydroxyl groups excluding tert-OH is 1. The monoisotopic (exact) mass is 630 g/mol. The van der Waals surface area contributed by atoms with Crippen LogP contribution in [0.15, 0.2) is 42.5 Å². The summed E-state index contributed by atoms with van der Waals surface area (Å²) in [6, 6.07) is 7.52. The Kier molecular flexibility index (Phi) is 8.45. The van der Waals surface area contributed by atoms with E-state index in [0.29, 0.717) is 41.7 Å². The molecule has 9 atom stereocenters. The number of aliphatic hydroxyl groups is 1. The van der Waals surface area contributed by atoms with E-state index >= 15 is 0 Å². The molecule has 4 N–H and O–H groups in total. The number of benzene rings is 1. The lowest BCUT2D eigenvalue weighted by Crippen LogP contribution is -2.68. The van der Waals surface area contributed by atoms with Gasteiger partial charge in [0.1, 0.15) is 0 Å². The Hall–Kier alpha value is -2.44. The first-order valence-electron chi connectivity index (χ1n) is 18.0. The van der Waals surface area contributed by atoms with Gasteiger partial charge in [0.15, 0.2) is 0 Å². The smallest absolute Gasteiger partial charge is 0.335 e. The number of aromatic carboxylic acids is 1. The molecule has 0 spiro atoms. The van der Waals surface area contributed by atoms with Gasteiger partial charge in [0.05, 0.1) is 18.7 Å². The van der Waals surface area contributed by atoms with Crippen molar-refractivity contribution >= 4 is 17.4 Å². The Labute approximate surface area is 276 Å². The summed E-state index contributed by atoms with van der Waals surface area (Å²) in [5.41, 5.74) is 4.56. The van der Waals surface area contributed by atoms with Crippen LogP contribution in [0.5, 0.6) is 0 Å². The summed E-state index contributed by atoms with van der Waals surface area (Å²) in [5, 5.41) is 25.4. The van der Waals surface area contributed by atoms with Crippen LogP contribution < -0.4 is 10.6 Å². The number of carboxylic acids is 1. The number of fused-ring (bicyclic) bond motifs is 7. The second-order valence-electron chi connectivity index (χ2n) is 17.2. The Bertz CT molecular complexity index is 1410. The van der Waals surface area contributed by atoms with E-state index in [9.17, 15) is 19.8 Å². The third-order valence-corrected chi connectivity index (χ3v) is 15.0. The molecule has 1 aromatic rings. The van der Waals surface area contributed by atoms with Gasteiger partial charge in [-0.2, -0.15) is 0 Å². The fourth-order valence-corrected chi connectivity index (χ4v) is 12.9. The van der Waals surface area contributed by atoms with Crippen LogP contribution in [0, 0.1) is 51.2 Å². The van der Waals surface area contributed by atoms with E-state index < -0.39 is 5.97 Å². The molecule has 0 aliphatic heterocycles. The number of carbonyl (C=O) groups excluding carboxylic acids is 1. The second-order valence-corrected chi connectivity index (χ2v) is 17.2. The zero-order valence-corrected chi connectivity index (χ0v) is 29.2. The van der Waals surface area contributed by atoms with E-state index in [4.69, 9.17) is 0 Å². The maximum absolute atomic E-state index is 13.3. The molecule has 6 heteroatoms. The van der Waals surface area contributed by atoms with E-state index in [1.165, 1.54) is 36.8 Å². The molecule has 6 rings (SSSR count). The molecule has 0 saturated heterocycles. The van der Waals surface area contributed by atoms with Gasteiger partial charge in [-0.15, -0.1) is 0 Å². The summed E-state index contributed by atoms with van der Waals surface area (Å²) >= 11 is 0. The van der Waals surface area contributed by atoms with Crippen LogP contribution in [0.2, 0.25) is 0 Å². The Morgan fingerprint density at radius 1 is 0.913 bits per heavy atom. The number of carbonyl (C=O) groups is 2. The molecule has 6 nitrogen and oxygen atoms in total. The molecule has 5 aliphatic rings. The van der Waals surface area contributed by atoms with Gasteiger partial charge in [0.25, 0.3) is 0 Å². The molecule has 3 unspecified atom stereocenters. The van der Waals surface area contributed by atoms with E-state index in [1.807, 2.05) is 12.1 Å². The molecule has 0 aromatic heterocycles. The number of nitrogens with one attached hydrogen (secondary N) is 2. The van der Waals surface area contributed by atoms with Crippen molar-refractivity contribution in [2.75, 3.05) is 19.7 Å². The van der Waals surface area contributed by atoms with Gasteiger partial charge in [-0.25, -0.2) is 4.79 Å². The lowest BCUT2D eigenvalue weighted by atomic mass is 9.33. The van der Waals surface area contributed by atoms with Crippen molar-refractivity contribution in [3.63, 3.8) is 0 Å². The highest BCUT2D eigenvalue weighted by molar-refractivity contribution is 5.88. The minimum Gasteiger partial charge on any atom is -0.478 e. The minimum atomic E-state index is -0.878. The highest BCUT2D eigenvalue weighted by atomic mass is 16.4. The summed E-state index contributed by atoms with van der Waals surface area (Å²) in [4.78, 5) is 24.8. The predicted molar refractivity (Wildman–Crippen MR) is 184 cm³/mol. The summed E-state index contributed by atoms with van der Waals surface area (Å²) in [6.45, 7) is 20.2. The molecule has 1 aromatic carbocycles. The third kappa shape index (κ3) is 4.86. The van der Waals surface area contributed by atoms with Gasteiger partial charge in [0.2, 0.25) is 5.91 Å². The second kappa shape index (κ2) is 11.6. The summed E-state index contributed by atoms with van der Waals surface area (Å²) < 4.78 is 0. The maximum Gasteiger partial charge on any atom is 0.335 e. The number of hydrogen-bond donors (Lipinski definition) is 4. The summed E-state index contributed by atoms with van der Waals surface area (Å²) in [5.74, 6) is 1.76. The van der Waals surface area contributed by atoms with Crippen LogP contribution in [-0.4, -0.2) is 47.3 Å². The van der Waals surface area contributed by atoms with Gasteiger partial charge < -0.3 is 20.8 Å². The zero-order chi connectivity index (χ0) is 33.3. The van der Waals surface area contributed by atoms with Gasteiger partial charge in [-0.05, 0) is 139 Å². The van der Waals surface area contributed by atoms with Crippen molar-refractivity contribution in [2.45, 2.75) is 105 Å². The molecule has 46 heavy (non-hydrogen) atoms. The topological polar surface area (TPSA) is 98.7 Å². The zero-order valence-electron chi connectivity index (χ0n) is 29.2. The van der Waals surface area contributed by atoms with Crippen LogP contribution in [0.1, 0.15) is 115 Å². The molecule has 252 valence electrons. The molecule has 1 amide bonds.